The maximum absolute atomic E-state index is 13.2. The number of nitriles is 1. The smallest absolute Gasteiger partial charge is 0.270 e. The molecule has 0 atom stereocenters. The molecule has 1 aliphatic rings. The van der Waals surface area contributed by atoms with Crippen molar-refractivity contribution in [2.75, 3.05) is 32.2 Å². The Morgan fingerprint density at radius 2 is 1.92 bits per heavy atom. The number of thioether (sulfide) groups is 1. The fourth-order valence-electron chi connectivity index (χ4n) is 4.01. The second-order valence-electron chi connectivity index (χ2n) is 8.42. The van der Waals surface area contributed by atoms with Crippen molar-refractivity contribution in [1.29, 1.82) is 5.26 Å². The van der Waals surface area contributed by atoms with Gasteiger partial charge in [-0.25, -0.2) is 0 Å². The molecule has 1 aromatic carbocycles. The van der Waals surface area contributed by atoms with E-state index in [0.717, 1.165) is 11.3 Å². The highest BCUT2D eigenvalue weighted by Gasteiger charge is 2.32. The van der Waals surface area contributed by atoms with E-state index in [9.17, 15) is 14.9 Å². The van der Waals surface area contributed by atoms with Crippen molar-refractivity contribution in [3.05, 3.63) is 61.8 Å². The monoisotopic (exact) mass is 540 g/mol. The molecular formula is C27H32N4O4S2. The molecule has 0 aliphatic carbocycles. The number of carbonyl (C=O) groups excluding carboxylic acids is 1. The minimum Gasteiger partial charge on any atom is -0.497 e. The number of ether oxygens (including phenoxy) is 2. The molecule has 1 fully saturated rings. The lowest BCUT2D eigenvalue weighted by molar-refractivity contribution is -0.122. The first-order valence-electron chi connectivity index (χ1n) is 12.2. The molecule has 0 unspecified atom stereocenters. The molecule has 2 heterocycles. The summed E-state index contributed by atoms with van der Waals surface area (Å²) in [6, 6.07) is 9.69. The van der Waals surface area contributed by atoms with Crippen LogP contribution in [-0.4, -0.2) is 46.6 Å². The molecule has 37 heavy (non-hydrogen) atoms. The van der Waals surface area contributed by atoms with Gasteiger partial charge in [0.05, 0.1) is 12.0 Å². The fraction of sp³-hybridized carbons (Fsp3) is 0.407. The Balaban J connectivity index is 2.02. The van der Waals surface area contributed by atoms with Gasteiger partial charge in [-0.1, -0.05) is 43.0 Å². The molecule has 0 spiro atoms. The standard InChI is InChI=1S/C27H32N4O4S2/c1-5-12-30-24(29-17-19-8-10-20(34-4)11-9-19)21(18(3)22(16-28)25(30)32)15-23-26(33)31(27(36)37-23)13-7-14-35-6-2/h8-11,15,29H,5-7,12-14,17H2,1-4H3/b23-15+. The Labute approximate surface area is 227 Å². The van der Waals surface area contributed by atoms with E-state index in [1.165, 1.54) is 11.8 Å². The van der Waals surface area contributed by atoms with Crippen LogP contribution in [0.25, 0.3) is 6.08 Å². The summed E-state index contributed by atoms with van der Waals surface area (Å²) in [5.74, 6) is 1.14. The highest BCUT2D eigenvalue weighted by Crippen LogP contribution is 2.35. The number of nitrogens with one attached hydrogen (secondary N) is 1. The number of amides is 1. The molecule has 1 N–H and O–H groups in total. The van der Waals surface area contributed by atoms with Crippen LogP contribution in [-0.2, 0) is 22.6 Å². The molecule has 1 saturated heterocycles. The molecular weight excluding hydrogens is 508 g/mol. The zero-order chi connectivity index (χ0) is 26.9. The average molecular weight is 541 g/mol. The van der Waals surface area contributed by atoms with Crippen LogP contribution in [0.5, 0.6) is 5.75 Å². The zero-order valence-electron chi connectivity index (χ0n) is 21.6. The second kappa shape index (κ2) is 13.4. The average Bonchev–Trinajstić information content (AvgIpc) is 3.16. The number of aromatic nitrogens is 1. The number of hydrogen-bond donors (Lipinski definition) is 1. The van der Waals surface area contributed by atoms with Gasteiger partial charge in [0.25, 0.3) is 11.5 Å². The number of nitrogens with zero attached hydrogens (tertiary/aromatic N) is 3. The molecule has 2 aromatic rings. The van der Waals surface area contributed by atoms with E-state index in [1.54, 1.807) is 29.6 Å². The van der Waals surface area contributed by atoms with Gasteiger partial charge in [-0.15, -0.1) is 0 Å². The van der Waals surface area contributed by atoms with Crippen LogP contribution in [0.3, 0.4) is 0 Å². The Morgan fingerprint density at radius 3 is 2.54 bits per heavy atom. The van der Waals surface area contributed by atoms with Gasteiger partial charge in [0.1, 0.15) is 27.5 Å². The summed E-state index contributed by atoms with van der Waals surface area (Å²) >= 11 is 6.71. The van der Waals surface area contributed by atoms with Crippen molar-refractivity contribution in [2.24, 2.45) is 0 Å². The Bertz CT molecular complexity index is 1280. The molecule has 1 aromatic heterocycles. The van der Waals surface area contributed by atoms with Gasteiger partial charge < -0.3 is 14.8 Å². The first kappa shape index (κ1) is 28.4. The zero-order valence-corrected chi connectivity index (χ0v) is 23.3. The summed E-state index contributed by atoms with van der Waals surface area (Å²) < 4.78 is 12.7. The Kier molecular flexibility index (Phi) is 10.3. The Hall–Kier alpha value is -3.13. The van der Waals surface area contributed by atoms with E-state index in [-0.39, 0.29) is 17.0 Å². The largest absolute Gasteiger partial charge is 0.497 e. The summed E-state index contributed by atoms with van der Waals surface area (Å²) in [5.41, 5.74) is 1.87. The van der Waals surface area contributed by atoms with Gasteiger partial charge in [-0.2, -0.15) is 5.26 Å². The number of rotatable bonds is 12. The normalized spacial score (nSPS) is 14.4. The first-order valence-corrected chi connectivity index (χ1v) is 13.5. The van der Waals surface area contributed by atoms with Crippen molar-refractivity contribution < 1.29 is 14.3 Å². The lowest BCUT2D eigenvalue weighted by atomic mass is 10.0. The van der Waals surface area contributed by atoms with Crippen LogP contribution >= 0.6 is 24.0 Å². The van der Waals surface area contributed by atoms with E-state index in [1.807, 2.05) is 38.1 Å². The van der Waals surface area contributed by atoms with Crippen LogP contribution in [0.1, 0.15) is 48.9 Å². The maximum Gasteiger partial charge on any atom is 0.270 e. The predicted octanol–water partition coefficient (Wildman–Crippen LogP) is 4.69. The molecule has 1 amide bonds. The van der Waals surface area contributed by atoms with Crippen LogP contribution in [0.4, 0.5) is 5.82 Å². The van der Waals surface area contributed by atoms with Gasteiger partial charge in [0.15, 0.2) is 0 Å². The van der Waals surface area contributed by atoms with Gasteiger partial charge in [-0.3, -0.25) is 19.1 Å². The van der Waals surface area contributed by atoms with Crippen LogP contribution in [0, 0.1) is 18.3 Å². The van der Waals surface area contributed by atoms with E-state index in [2.05, 4.69) is 11.4 Å². The number of thiocarbonyl (C=S) groups is 1. The SMILES string of the molecule is CCCn1c(NCc2ccc(OC)cc2)c(/C=C2/SC(=S)N(CCCOCC)C2=O)c(C)c(C#N)c1=O. The third-order valence-corrected chi connectivity index (χ3v) is 7.34. The number of hydrogen-bond acceptors (Lipinski definition) is 8. The quantitative estimate of drug-likeness (QED) is 0.235. The molecule has 0 saturated carbocycles. The predicted molar refractivity (Wildman–Crippen MR) is 152 cm³/mol. The van der Waals surface area contributed by atoms with E-state index in [0.29, 0.717) is 71.9 Å². The van der Waals surface area contributed by atoms with Gasteiger partial charge >= 0.3 is 0 Å². The number of anilines is 1. The van der Waals surface area contributed by atoms with Crippen LogP contribution in [0.15, 0.2) is 34.0 Å². The maximum atomic E-state index is 13.2. The van der Waals surface area contributed by atoms with Crippen molar-refractivity contribution in [3.8, 4) is 11.8 Å². The third-order valence-electron chi connectivity index (χ3n) is 5.96. The number of benzene rings is 1. The summed E-state index contributed by atoms with van der Waals surface area (Å²) in [4.78, 5) is 28.5. The fourth-order valence-corrected chi connectivity index (χ4v) is 5.30. The minimum atomic E-state index is -0.347. The van der Waals surface area contributed by atoms with Crippen molar-refractivity contribution >= 4 is 46.1 Å². The van der Waals surface area contributed by atoms with E-state index >= 15 is 0 Å². The topological polar surface area (TPSA) is 96.6 Å². The summed E-state index contributed by atoms with van der Waals surface area (Å²) in [6.07, 6.45) is 3.13. The van der Waals surface area contributed by atoms with Gasteiger partial charge in [0, 0.05) is 38.4 Å². The lowest BCUT2D eigenvalue weighted by Crippen LogP contribution is -2.30. The van der Waals surface area contributed by atoms with Gasteiger partial charge in [-0.05, 0) is 56.0 Å². The number of methoxy groups -OCH3 is 1. The second-order valence-corrected chi connectivity index (χ2v) is 10.1. The molecule has 0 radical (unpaired) electrons. The van der Waals surface area contributed by atoms with Crippen LogP contribution < -0.4 is 15.6 Å². The minimum absolute atomic E-state index is 0.0712. The van der Waals surface area contributed by atoms with Crippen molar-refractivity contribution in [3.63, 3.8) is 0 Å². The molecule has 0 bridgehead atoms. The molecule has 1 aliphatic heterocycles. The van der Waals surface area contributed by atoms with E-state index < -0.39 is 0 Å². The molecule has 8 nitrogen and oxygen atoms in total. The highest BCUT2D eigenvalue weighted by atomic mass is 32.2. The molecule has 3 rings (SSSR count). The lowest BCUT2D eigenvalue weighted by Gasteiger charge is -2.20. The molecule has 196 valence electrons. The van der Waals surface area contributed by atoms with Crippen LogP contribution in [0.2, 0.25) is 0 Å². The summed E-state index contributed by atoms with van der Waals surface area (Å²) in [5, 5.41) is 13.2. The van der Waals surface area contributed by atoms with E-state index in [4.69, 9.17) is 21.7 Å². The summed E-state index contributed by atoms with van der Waals surface area (Å²) in [6.45, 7) is 8.16. The van der Waals surface area contributed by atoms with Crippen molar-refractivity contribution in [1.82, 2.24) is 9.47 Å². The highest BCUT2D eigenvalue weighted by molar-refractivity contribution is 8.26. The van der Waals surface area contributed by atoms with Crippen molar-refractivity contribution in [2.45, 2.75) is 46.7 Å². The van der Waals surface area contributed by atoms with Gasteiger partial charge in [0.2, 0.25) is 0 Å². The summed E-state index contributed by atoms with van der Waals surface area (Å²) in [7, 11) is 1.62. The Morgan fingerprint density at radius 1 is 1.19 bits per heavy atom. The third kappa shape index (κ3) is 6.60. The first-order chi connectivity index (χ1) is 17.9. The molecule has 10 heteroatoms. The number of pyridine rings is 1. The number of carbonyl (C=O) groups is 1.